The first-order valence-electron chi connectivity index (χ1n) is 10.3. The van der Waals surface area contributed by atoms with Crippen LogP contribution in [0.1, 0.15) is 101 Å². The van der Waals surface area contributed by atoms with E-state index in [1.807, 2.05) is 0 Å². The Labute approximate surface area is 154 Å². The van der Waals surface area contributed by atoms with Gasteiger partial charge in [-0.05, 0) is 26.2 Å². The highest BCUT2D eigenvalue weighted by molar-refractivity contribution is 5.66. The van der Waals surface area contributed by atoms with Crippen LogP contribution >= 0.6 is 0 Å². The molecule has 0 unspecified atom stereocenters. The predicted octanol–water partition coefficient (Wildman–Crippen LogP) is 5.82. The van der Waals surface area contributed by atoms with Gasteiger partial charge in [0.2, 0.25) is 0 Å². The lowest BCUT2D eigenvalue weighted by atomic mass is 10.0. The minimum absolute atomic E-state index is 0.335. The number of unbranched alkanes of at least 4 members (excludes halogenated alkanes) is 12. The van der Waals surface area contributed by atoms with E-state index in [0.29, 0.717) is 6.42 Å². The molecule has 25 heavy (non-hydrogen) atoms. The SMILES string of the molecule is Cc1nc(CCCCCCCCCCCCCCCC(=O)O)cn1C. The van der Waals surface area contributed by atoms with Crippen molar-refractivity contribution in [3.63, 3.8) is 0 Å². The second-order valence-corrected chi connectivity index (χ2v) is 7.38. The molecule has 0 aliphatic rings. The molecule has 1 aromatic heterocycles. The van der Waals surface area contributed by atoms with Gasteiger partial charge in [-0.1, -0.05) is 70.6 Å². The number of aromatic nitrogens is 2. The third kappa shape index (κ3) is 11.8. The molecule has 0 bridgehead atoms. The first kappa shape index (κ1) is 21.7. The summed E-state index contributed by atoms with van der Waals surface area (Å²) >= 11 is 0. The van der Waals surface area contributed by atoms with Gasteiger partial charge in [0.1, 0.15) is 5.82 Å². The summed E-state index contributed by atoms with van der Waals surface area (Å²) in [7, 11) is 2.06. The van der Waals surface area contributed by atoms with E-state index in [1.165, 1.54) is 76.3 Å². The van der Waals surface area contributed by atoms with E-state index in [9.17, 15) is 4.79 Å². The van der Waals surface area contributed by atoms with Crippen LogP contribution in [0.4, 0.5) is 0 Å². The Balaban J connectivity index is 1.76. The molecule has 1 rings (SSSR count). The largest absolute Gasteiger partial charge is 0.481 e. The van der Waals surface area contributed by atoms with Crippen molar-refractivity contribution in [3.05, 3.63) is 17.7 Å². The molecule has 1 aromatic rings. The molecule has 1 N–H and O–H groups in total. The van der Waals surface area contributed by atoms with Gasteiger partial charge in [0.05, 0.1) is 5.69 Å². The highest BCUT2D eigenvalue weighted by Crippen LogP contribution is 2.14. The van der Waals surface area contributed by atoms with E-state index in [4.69, 9.17) is 5.11 Å². The zero-order valence-electron chi connectivity index (χ0n) is 16.4. The third-order valence-electron chi connectivity index (χ3n) is 4.98. The summed E-state index contributed by atoms with van der Waals surface area (Å²) in [6.07, 6.45) is 20.1. The van der Waals surface area contributed by atoms with Crippen LogP contribution in [0.5, 0.6) is 0 Å². The molecule has 1 heterocycles. The topological polar surface area (TPSA) is 55.1 Å². The van der Waals surface area contributed by atoms with Gasteiger partial charge in [-0.2, -0.15) is 0 Å². The first-order valence-corrected chi connectivity index (χ1v) is 10.3. The van der Waals surface area contributed by atoms with Crippen LogP contribution < -0.4 is 0 Å². The zero-order valence-corrected chi connectivity index (χ0v) is 16.4. The number of aryl methyl sites for hydroxylation is 3. The van der Waals surface area contributed by atoms with Gasteiger partial charge in [-0.3, -0.25) is 4.79 Å². The number of hydrogen-bond donors (Lipinski definition) is 1. The van der Waals surface area contributed by atoms with E-state index in [0.717, 1.165) is 25.1 Å². The molecular formula is C21H38N2O2. The monoisotopic (exact) mass is 350 g/mol. The third-order valence-corrected chi connectivity index (χ3v) is 4.98. The van der Waals surface area contributed by atoms with Crippen molar-refractivity contribution < 1.29 is 9.90 Å². The van der Waals surface area contributed by atoms with Gasteiger partial charge in [0.15, 0.2) is 0 Å². The number of imidazole rings is 1. The second kappa shape index (κ2) is 13.9. The van der Waals surface area contributed by atoms with Crippen molar-refractivity contribution in [3.8, 4) is 0 Å². The van der Waals surface area contributed by atoms with Gasteiger partial charge >= 0.3 is 5.97 Å². The molecule has 0 radical (unpaired) electrons. The highest BCUT2D eigenvalue weighted by Gasteiger charge is 2.01. The molecule has 0 aliphatic carbocycles. The summed E-state index contributed by atoms with van der Waals surface area (Å²) in [5, 5.41) is 8.56. The number of rotatable bonds is 16. The first-order chi connectivity index (χ1) is 12.1. The lowest BCUT2D eigenvalue weighted by molar-refractivity contribution is -0.137. The van der Waals surface area contributed by atoms with Crippen LogP contribution in [0.25, 0.3) is 0 Å². The Morgan fingerprint density at radius 1 is 0.880 bits per heavy atom. The Morgan fingerprint density at radius 2 is 1.32 bits per heavy atom. The van der Waals surface area contributed by atoms with Crippen molar-refractivity contribution in [1.82, 2.24) is 9.55 Å². The molecule has 0 saturated carbocycles. The lowest BCUT2D eigenvalue weighted by Gasteiger charge is -2.03. The van der Waals surface area contributed by atoms with Gasteiger partial charge in [0, 0.05) is 19.7 Å². The van der Waals surface area contributed by atoms with Crippen LogP contribution in [0, 0.1) is 6.92 Å². The summed E-state index contributed by atoms with van der Waals surface area (Å²) in [5.74, 6) is 0.446. The number of carbonyl (C=O) groups is 1. The Bertz CT molecular complexity index is 449. The fraction of sp³-hybridized carbons (Fsp3) is 0.810. The molecule has 4 nitrogen and oxygen atoms in total. The Hall–Kier alpha value is -1.32. The van der Waals surface area contributed by atoms with Crippen molar-refractivity contribution in [2.24, 2.45) is 7.05 Å². The van der Waals surface area contributed by atoms with E-state index in [-0.39, 0.29) is 0 Å². The van der Waals surface area contributed by atoms with E-state index in [2.05, 4.69) is 29.7 Å². The summed E-state index contributed by atoms with van der Waals surface area (Å²) in [6.45, 7) is 2.06. The number of carboxylic acid groups (broad SMARTS) is 1. The van der Waals surface area contributed by atoms with Gasteiger partial charge in [0.25, 0.3) is 0 Å². The van der Waals surface area contributed by atoms with E-state index < -0.39 is 5.97 Å². The fourth-order valence-corrected chi connectivity index (χ4v) is 3.28. The molecule has 0 aliphatic heterocycles. The second-order valence-electron chi connectivity index (χ2n) is 7.38. The van der Waals surface area contributed by atoms with Crippen LogP contribution in [-0.4, -0.2) is 20.6 Å². The normalized spacial score (nSPS) is 11.1. The minimum Gasteiger partial charge on any atom is -0.481 e. The van der Waals surface area contributed by atoms with Crippen molar-refractivity contribution in [2.75, 3.05) is 0 Å². The fourth-order valence-electron chi connectivity index (χ4n) is 3.28. The van der Waals surface area contributed by atoms with E-state index >= 15 is 0 Å². The van der Waals surface area contributed by atoms with Gasteiger partial charge < -0.3 is 9.67 Å². The van der Waals surface area contributed by atoms with Crippen LogP contribution in [0.3, 0.4) is 0 Å². The molecule has 0 amide bonds. The van der Waals surface area contributed by atoms with Crippen LogP contribution in [0.2, 0.25) is 0 Å². The standard InChI is InChI=1S/C21H38N2O2/c1-19-22-20(18-23(19)2)16-14-12-10-8-6-4-3-5-7-9-11-13-15-17-21(24)25/h18H,3-17H2,1-2H3,(H,24,25). The summed E-state index contributed by atoms with van der Waals surface area (Å²) in [6, 6.07) is 0. The Kier molecular flexibility index (Phi) is 12.1. The minimum atomic E-state index is -0.660. The van der Waals surface area contributed by atoms with Crippen LogP contribution in [-0.2, 0) is 18.3 Å². The molecule has 4 heteroatoms. The van der Waals surface area contributed by atoms with Gasteiger partial charge in [-0.15, -0.1) is 0 Å². The number of carboxylic acids is 1. The highest BCUT2D eigenvalue weighted by atomic mass is 16.4. The number of hydrogen-bond acceptors (Lipinski definition) is 2. The average Bonchev–Trinajstić information content (AvgIpc) is 2.89. The maximum Gasteiger partial charge on any atom is 0.303 e. The zero-order chi connectivity index (χ0) is 18.3. The number of aliphatic carboxylic acids is 1. The van der Waals surface area contributed by atoms with Gasteiger partial charge in [-0.25, -0.2) is 4.98 Å². The molecular weight excluding hydrogens is 312 g/mol. The summed E-state index contributed by atoms with van der Waals surface area (Å²) < 4.78 is 2.10. The molecule has 144 valence electrons. The summed E-state index contributed by atoms with van der Waals surface area (Å²) in [5.41, 5.74) is 1.24. The maximum absolute atomic E-state index is 10.4. The van der Waals surface area contributed by atoms with Crippen molar-refractivity contribution in [2.45, 2.75) is 103 Å². The predicted molar refractivity (Wildman–Crippen MR) is 104 cm³/mol. The quantitative estimate of drug-likeness (QED) is 0.382. The lowest BCUT2D eigenvalue weighted by Crippen LogP contribution is -1.93. The molecule has 0 aromatic carbocycles. The number of nitrogens with zero attached hydrogens (tertiary/aromatic N) is 2. The van der Waals surface area contributed by atoms with Crippen LogP contribution in [0.15, 0.2) is 6.20 Å². The maximum atomic E-state index is 10.4. The van der Waals surface area contributed by atoms with Crippen molar-refractivity contribution in [1.29, 1.82) is 0 Å². The molecule has 0 fully saturated rings. The van der Waals surface area contributed by atoms with E-state index in [1.54, 1.807) is 0 Å². The molecule has 0 atom stereocenters. The average molecular weight is 351 g/mol. The Morgan fingerprint density at radius 3 is 1.72 bits per heavy atom. The molecule has 0 saturated heterocycles. The molecule has 0 spiro atoms. The van der Waals surface area contributed by atoms with Crippen molar-refractivity contribution >= 4 is 5.97 Å². The summed E-state index contributed by atoms with van der Waals surface area (Å²) in [4.78, 5) is 14.9. The smallest absolute Gasteiger partial charge is 0.303 e.